The van der Waals surface area contributed by atoms with Gasteiger partial charge < -0.3 is 14.7 Å². The summed E-state index contributed by atoms with van der Waals surface area (Å²) in [6.07, 6.45) is 8.42. The van der Waals surface area contributed by atoms with Gasteiger partial charge in [0, 0.05) is 24.5 Å². The van der Waals surface area contributed by atoms with Gasteiger partial charge in [-0.15, -0.1) is 0 Å². The van der Waals surface area contributed by atoms with E-state index in [1.54, 1.807) is 4.90 Å². The number of aromatic nitrogens is 1. The fraction of sp³-hybridized carbons (Fsp3) is 0.714. The monoisotopic (exact) mass is 428 g/mol. The van der Waals surface area contributed by atoms with E-state index < -0.39 is 23.8 Å². The SMILES string of the molecule is CC(C)(C)OC(=O)N1C[C@H](C2CCCCC2)CC1C(O)c1c(Cl)cncc1Cl. The number of pyridine rings is 1. The summed E-state index contributed by atoms with van der Waals surface area (Å²) in [6, 6.07) is -0.417. The van der Waals surface area contributed by atoms with Crippen molar-refractivity contribution < 1.29 is 14.6 Å². The van der Waals surface area contributed by atoms with E-state index in [2.05, 4.69) is 4.98 Å². The van der Waals surface area contributed by atoms with E-state index in [1.165, 1.54) is 44.5 Å². The predicted molar refractivity (Wildman–Crippen MR) is 111 cm³/mol. The van der Waals surface area contributed by atoms with Gasteiger partial charge in [0.25, 0.3) is 0 Å². The molecular formula is C21H30Cl2N2O3. The van der Waals surface area contributed by atoms with Gasteiger partial charge in [-0.1, -0.05) is 55.3 Å². The molecule has 1 N–H and O–H groups in total. The van der Waals surface area contributed by atoms with Crippen LogP contribution in [0.25, 0.3) is 0 Å². The van der Waals surface area contributed by atoms with Crippen molar-refractivity contribution in [2.24, 2.45) is 11.8 Å². The summed E-state index contributed by atoms with van der Waals surface area (Å²) < 4.78 is 5.63. The number of amides is 1. The van der Waals surface area contributed by atoms with Crippen molar-refractivity contribution in [3.8, 4) is 0 Å². The minimum atomic E-state index is -0.982. The lowest BCUT2D eigenvalue weighted by Crippen LogP contribution is -2.42. The molecular weight excluding hydrogens is 399 g/mol. The highest BCUT2D eigenvalue weighted by Crippen LogP contribution is 2.43. The van der Waals surface area contributed by atoms with E-state index in [9.17, 15) is 9.90 Å². The fourth-order valence-corrected chi connectivity index (χ4v) is 5.16. The number of carbonyl (C=O) groups is 1. The summed E-state index contributed by atoms with van der Waals surface area (Å²) in [5, 5.41) is 11.8. The Labute approximate surface area is 177 Å². The van der Waals surface area contributed by atoms with Crippen LogP contribution in [0, 0.1) is 11.8 Å². The standard InChI is InChI=1S/C21H30Cl2N2O3/c1-21(2,3)28-20(27)25-12-14(13-7-5-4-6-8-13)9-17(25)19(26)18-15(22)10-24-11-16(18)23/h10-11,13-14,17,19,26H,4-9,12H2,1-3H3/t14-,17?,19?/m1/s1. The molecule has 3 atom stereocenters. The number of rotatable bonds is 3. The number of aliphatic hydroxyl groups excluding tert-OH is 1. The minimum Gasteiger partial charge on any atom is -0.444 e. The predicted octanol–water partition coefficient (Wildman–Crippen LogP) is 5.63. The van der Waals surface area contributed by atoms with E-state index in [4.69, 9.17) is 27.9 Å². The lowest BCUT2D eigenvalue weighted by molar-refractivity contribution is 0.00463. The molecule has 2 unspecified atom stereocenters. The maximum absolute atomic E-state index is 12.9. The third-order valence-electron chi connectivity index (χ3n) is 5.87. The average Bonchev–Trinajstić information content (AvgIpc) is 3.06. The highest BCUT2D eigenvalue weighted by Gasteiger charge is 2.44. The maximum atomic E-state index is 12.9. The van der Waals surface area contributed by atoms with Gasteiger partial charge in [-0.3, -0.25) is 4.98 Å². The Morgan fingerprint density at radius 2 is 1.79 bits per heavy atom. The molecule has 1 aliphatic heterocycles. The van der Waals surface area contributed by atoms with E-state index in [0.29, 0.717) is 34.0 Å². The molecule has 0 radical (unpaired) electrons. The number of hydrogen-bond acceptors (Lipinski definition) is 4. The molecule has 2 heterocycles. The molecule has 28 heavy (non-hydrogen) atoms. The zero-order valence-corrected chi connectivity index (χ0v) is 18.3. The Bertz CT molecular complexity index is 681. The van der Waals surface area contributed by atoms with Crippen LogP contribution in [0.5, 0.6) is 0 Å². The first-order chi connectivity index (χ1) is 13.2. The maximum Gasteiger partial charge on any atom is 0.410 e. The molecule has 7 heteroatoms. The van der Waals surface area contributed by atoms with Crippen molar-refractivity contribution in [2.75, 3.05) is 6.54 Å². The molecule has 3 rings (SSSR count). The molecule has 1 amide bonds. The number of carbonyl (C=O) groups excluding carboxylic acids is 1. The number of aliphatic hydroxyl groups is 1. The van der Waals surface area contributed by atoms with Gasteiger partial charge in [0.15, 0.2) is 0 Å². The zero-order valence-electron chi connectivity index (χ0n) is 16.8. The summed E-state index contributed by atoms with van der Waals surface area (Å²) in [5.74, 6) is 0.936. The van der Waals surface area contributed by atoms with Crippen LogP contribution in [0.3, 0.4) is 0 Å². The topological polar surface area (TPSA) is 62.7 Å². The van der Waals surface area contributed by atoms with Crippen molar-refractivity contribution in [2.45, 2.75) is 77.0 Å². The van der Waals surface area contributed by atoms with Crippen LogP contribution in [-0.2, 0) is 4.74 Å². The average molecular weight is 429 g/mol. The zero-order chi connectivity index (χ0) is 20.5. The van der Waals surface area contributed by atoms with Crippen LogP contribution in [0.2, 0.25) is 10.0 Å². The van der Waals surface area contributed by atoms with Crippen LogP contribution in [0.1, 0.15) is 71.0 Å². The van der Waals surface area contributed by atoms with Crippen molar-refractivity contribution in [1.82, 2.24) is 9.88 Å². The molecule has 0 spiro atoms. The molecule has 2 fully saturated rings. The molecule has 1 saturated heterocycles. The Hall–Kier alpha value is -1.04. The lowest BCUT2D eigenvalue weighted by atomic mass is 9.78. The van der Waals surface area contributed by atoms with Crippen LogP contribution < -0.4 is 0 Å². The largest absolute Gasteiger partial charge is 0.444 e. The third kappa shape index (κ3) is 4.92. The Morgan fingerprint density at radius 3 is 2.36 bits per heavy atom. The van der Waals surface area contributed by atoms with Crippen LogP contribution in [0.4, 0.5) is 4.79 Å². The second-order valence-electron chi connectivity index (χ2n) is 9.06. The van der Waals surface area contributed by atoms with Gasteiger partial charge in [-0.05, 0) is 39.0 Å². The van der Waals surface area contributed by atoms with Crippen LogP contribution >= 0.6 is 23.2 Å². The third-order valence-corrected chi connectivity index (χ3v) is 6.47. The van der Waals surface area contributed by atoms with Gasteiger partial charge in [0.2, 0.25) is 0 Å². The molecule has 1 aromatic rings. The van der Waals surface area contributed by atoms with E-state index >= 15 is 0 Å². The normalized spacial score (nSPS) is 25.0. The minimum absolute atomic E-state index is 0.310. The van der Waals surface area contributed by atoms with Gasteiger partial charge in [-0.2, -0.15) is 0 Å². The second-order valence-corrected chi connectivity index (χ2v) is 9.87. The number of hydrogen-bond donors (Lipinski definition) is 1. The molecule has 1 aromatic heterocycles. The highest BCUT2D eigenvalue weighted by atomic mass is 35.5. The van der Waals surface area contributed by atoms with Crippen molar-refractivity contribution in [3.63, 3.8) is 0 Å². The molecule has 2 aliphatic rings. The summed E-state index contributed by atoms with van der Waals surface area (Å²) >= 11 is 12.6. The second kappa shape index (κ2) is 8.76. The van der Waals surface area contributed by atoms with E-state index in [-0.39, 0.29) is 0 Å². The van der Waals surface area contributed by atoms with Gasteiger partial charge in [-0.25, -0.2) is 4.79 Å². The quantitative estimate of drug-likeness (QED) is 0.677. The first-order valence-electron chi connectivity index (χ1n) is 10.1. The van der Waals surface area contributed by atoms with Crippen molar-refractivity contribution in [1.29, 1.82) is 0 Å². The summed E-state index contributed by atoms with van der Waals surface area (Å²) in [4.78, 5) is 18.6. The smallest absolute Gasteiger partial charge is 0.410 e. The highest BCUT2D eigenvalue weighted by molar-refractivity contribution is 6.35. The molecule has 1 saturated carbocycles. The lowest BCUT2D eigenvalue weighted by Gasteiger charge is -2.31. The van der Waals surface area contributed by atoms with Gasteiger partial charge in [0.1, 0.15) is 11.7 Å². The summed E-state index contributed by atoms with van der Waals surface area (Å²) in [6.45, 7) is 6.15. The summed E-state index contributed by atoms with van der Waals surface area (Å²) in [5.41, 5.74) is -0.164. The van der Waals surface area contributed by atoms with Crippen LogP contribution in [0.15, 0.2) is 12.4 Å². The Morgan fingerprint density at radius 1 is 1.18 bits per heavy atom. The van der Waals surface area contributed by atoms with Crippen molar-refractivity contribution >= 4 is 29.3 Å². The Kier molecular flexibility index (Phi) is 6.78. The first kappa shape index (κ1) is 21.7. The van der Waals surface area contributed by atoms with E-state index in [0.717, 1.165) is 6.42 Å². The molecule has 0 aromatic carbocycles. The number of ether oxygens (including phenoxy) is 1. The fourth-order valence-electron chi connectivity index (χ4n) is 4.57. The Balaban J connectivity index is 1.86. The van der Waals surface area contributed by atoms with Crippen LogP contribution in [-0.4, -0.2) is 39.3 Å². The first-order valence-corrected chi connectivity index (χ1v) is 10.9. The van der Waals surface area contributed by atoms with Crippen molar-refractivity contribution in [3.05, 3.63) is 28.0 Å². The number of halogens is 2. The number of nitrogens with zero attached hydrogens (tertiary/aromatic N) is 2. The molecule has 0 bridgehead atoms. The van der Waals surface area contributed by atoms with Gasteiger partial charge in [0.05, 0.1) is 16.1 Å². The molecule has 1 aliphatic carbocycles. The van der Waals surface area contributed by atoms with E-state index in [1.807, 2.05) is 20.8 Å². The molecule has 156 valence electrons. The summed E-state index contributed by atoms with van der Waals surface area (Å²) in [7, 11) is 0. The van der Waals surface area contributed by atoms with Gasteiger partial charge >= 0.3 is 6.09 Å². The molecule has 5 nitrogen and oxygen atoms in total. The number of likely N-dealkylation sites (tertiary alicyclic amines) is 1.